The van der Waals surface area contributed by atoms with Crippen LogP contribution >= 0.6 is 0 Å². The largest absolute Gasteiger partial charge is 0.457 e. The van der Waals surface area contributed by atoms with E-state index in [0.29, 0.717) is 13.0 Å². The summed E-state index contributed by atoms with van der Waals surface area (Å²) in [7, 11) is -5.07. The van der Waals surface area contributed by atoms with Crippen molar-refractivity contribution >= 4 is 16.4 Å². The van der Waals surface area contributed by atoms with E-state index in [9.17, 15) is 33.1 Å². The summed E-state index contributed by atoms with van der Waals surface area (Å²) in [5.41, 5.74) is 0. The van der Waals surface area contributed by atoms with Gasteiger partial charge in [0.05, 0.1) is 19.8 Å². The van der Waals surface area contributed by atoms with Crippen LogP contribution in [0.4, 0.5) is 0 Å². The summed E-state index contributed by atoms with van der Waals surface area (Å²) in [5.74, 6) is -0.401. The second kappa shape index (κ2) is 48.7. The van der Waals surface area contributed by atoms with Crippen molar-refractivity contribution in [1.29, 1.82) is 0 Å². The summed E-state index contributed by atoms with van der Waals surface area (Å²) >= 11 is 0. The Kier molecular flexibility index (Phi) is 45.9. The Morgan fingerprint density at radius 3 is 1.44 bits per heavy atom. The Labute approximate surface area is 433 Å². The molecule has 0 aromatic heterocycles. The maximum absolute atomic E-state index is 13.0. The molecule has 0 amide bonds. The third-order valence-corrected chi connectivity index (χ3v) is 13.3. The fourth-order valence-electron chi connectivity index (χ4n) is 8.60. The molecule has 0 aromatic rings. The Balaban J connectivity index is 2.30. The first kappa shape index (κ1) is 66.8. The van der Waals surface area contributed by atoms with Crippen molar-refractivity contribution in [2.24, 2.45) is 0 Å². The molecule has 414 valence electrons. The van der Waals surface area contributed by atoms with Crippen LogP contribution in [0.25, 0.3) is 0 Å². The van der Waals surface area contributed by atoms with Crippen molar-refractivity contribution in [2.45, 2.75) is 275 Å². The molecule has 1 aliphatic rings. The molecule has 13 heteroatoms. The Morgan fingerprint density at radius 2 is 0.972 bits per heavy atom. The van der Waals surface area contributed by atoms with Gasteiger partial charge in [-0.25, -0.2) is 4.18 Å². The number of ether oxygens (including phenoxy) is 4. The Morgan fingerprint density at radius 1 is 0.549 bits per heavy atom. The van der Waals surface area contributed by atoms with E-state index in [1.54, 1.807) is 0 Å². The van der Waals surface area contributed by atoms with Crippen LogP contribution in [0.1, 0.15) is 239 Å². The molecule has 12 nitrogen and oxygen atoms in total. The van der Waals surface area contributed by atoms with Gasteiger partial charge < -0.3 is 34.3 Å². The Hall–Kier alpha value is -2.20. The van der Waals surface area contributed by atoms with Crippen LogP contribution in [-0.4, -0.2) is 97.5 Å². The number of aliphatic hydroxyl groups excluding tert-OH is 3. The first-order chi connectivity index (χ1) is 34.6. The van der Waals surface area contributed by atoms with Crippen molar-refractivity contribution in [1.82, 2.24) is 0 Å². The van der Waals surface area contributed by atoms with E-state index >= 15 is 0 Å². The third-order valence-electron chi connectivity index (χ3n) is 12.9. The monoisotopic (exact) mass is 1020 g/mol. The topological polar surface area (TPSA) is 178 Å². The number of hydrogen-bond donors (Lipinski definition) is 4. The first-order valence-corrected chi connectivity index (χ1v) is 29.9. The van der Waals surface area contributed by atoms with Crippen LogP contribution in [0.15, 0.2) is 60.8 Å². The number of carbonyl (C=O) groups excluding carboxylic acids is 1. The minimum atomic E-state index is -5.07. The molecule has 6 atom stereocenters. The number of allylic oxidation sites excluding steroid dienone is 10. The summed E-state index contributed by atoms with van der Waals surface area (Å²) in [6.07, 6.45) is 53.9. The summed E-state index contributed by atoms with van der Waals surface area (Å²) in [4.78, 5) is 13.0. The lowest BCUT2D eigenvalue weighted by Gasteiger charge is -2.41. The predicted molar refractivity (Wildman–Crippen MR) is 289 cm³/mol. The minimum absolute atomic E-state index is 0.0328. The zero-order chi connectivity index (χ0) is 51.7. The van der Waals surface area contributed by atoms with Gasteiger partial charge in [-0.2, -0.15) is 8.42 Å². The van der Waals surface area contributed by atoms with Gasteiger partial charge >= 0.3 is 16.4 Å². The second-order valence-corrected chi connectivity index (χ2v) is 20.5. The number of hydrogen-bond acceptors (Lipinski definition) is 11. The highest BCUT2D eigenvalue weighted by Crippen LogP contribution is 2.26. The molecule has 4 N–H and O–H groups in total. The SMILES string of the molecule is CC/C=C\C/C=C\C/C=C\C/C=C\CCCCCCCCCCCCCCC(=O)OC(COCCCCCCCCCC/C=C\CCCCCCCCC)COC1OC(CO)C(O)C(OS(=O)(=O)O)C1O. The van der Waals surface area contributed by atoms with Crippen LogP contribution < -0.4 is 0 Å². The summed E-state index contributed by atoms with van der Waals surface area (Å²) in [6.45, 7) is 3.90. The van der Waals surface area contributed by atoms with Crippen molar-refractivity contribution in [2.75, 3.05) is 26.4 Å². The highest BCUT2D eigenvalue weighted by atomic mass is 32.3. The van der Waals surface area contributed by atoms with E-state index in [2.05, 4.69) is 78.8 Å². The maximum atomic E-state index is 13.0. The number of esters is 1. The van der Waals surface area contributed by atoms with E-state index in [1.165, 1.54) is 141 Å². The van der Waals surface area contributed by atoms with Crippen molar-refractivity contribution in [3.05, 3.63) is 60.8 Å². The van der Waals surface area contributed by atoms with Crippen LogP contribution in [0.5, 0.6) is 0 Å². The molecule has 1 heterocycles. The molecular weight excluding hydrogens is 921 g/mol. The fourth-order valence-corrected chi connectivity index (χ4v) is 9.11. The second-order valence-electron chi connectivity index (χ2n) is 19.5. The van der Waals surface area contributed by atoms with Crippen LogP contribution in [0.3, 0.4) is 0 Å². The Bertz CT molecular complexity index is 1460. The zero-order valence-electron chi connectivity index (χ0n) is 44.8. The lowest BCUT2D eigenvalue weighted by atomic mass is 9.99. The highest BCUT2D eigenvalue weighted by molar-refractivity contribution is 7.80. The molecule has 0 aromatic carbocycles. The molecule has 71 heavy (non-hydrogen) atoms. The normalized spacial score (nSPS) is 19.4. The molecule has 1 fully saturated rings. The summed E-state index contributed by atoms with van der Waals surface area (Å²) in [6, 6.07) is 0. The smallest absolute Gasteiger partial charge is 0.397 e. The molecule has 0 radical (unpaired) electrons. The summed E-state index contributed by atoms with van der Waals surface area (Å²) in [5, 5.41) is 30.8. The first-order valence-electron chi connectivity index (χ1n) is 28.5. The molecule has 0 bridgehead atoms. The highest BCUT2D eigenvalue weighted by Gasteiger charge is 2.48. The number of aliphatic hydroxyl groups is 3. The van der Waals surface area contributed by atoms with Gasteiger partial charge in [0, 0.05) is 13.0 Å². The average Bonchev–Trinajstić information content (AvgIpc) is 3.35. The van der Waals surface area contributed by atoms with Gasteiger partial charge in [-0.1, -0.05) is 216 Å². The molecule has 0 spiro atoms. The van der Waals surface area contributed by atoms with Crippen LogP contribution in [0.2, 0.25) is 0 Å². The average molecular weight is 1030 g/mol. The number of unbranched alkanes of at least 4 members (excludes halogenated alkanes) is 27. The van der Waals surface area contributed by atoms with E-state index in [4.69, 9.17) is 18.9 Å². The molecule has 0 aliphatic carbocycles. The summed E-state index contributed by atoms with van der Waals surface area (Å²) < 4.78 is 59.4. The lowest BCUT2D eigenvalue weighted by molar-refractivity contribution is -0.301. The van der Waals surface area contributed by atoms with Crippen molar-refractivity contribution < 1.29 is 56.2 Å². The van der Waals surface area contributed by atoms with E-state index in [1.807, 2.05) is 0 Å². The molecule has 1 rings (SSSR count). The van der Waals surface area contributed by atoms with E-state index in [-0.39, 0.29) is 19.6 Å². The molecule has 0 saturated carbocycles. The van der Waals surface area contributed by atoms with Crippen LogP contribution in [-0.2, 0) is 38.3 Å². The van der Waals surface area contributed by atoms with Crippen molar-refractivity contribution in [3.63, 3.8) is 0 Å². The van der Waals surface area contributed by atoms with Gasteiger partial charge in [0.2, 0.25) is 0 Å². The van der Waals surface area contributed by atoms with E-state index in [0.717, 1.165) is 70.6 Å². The van der Waals surface area contributed by atoms with Crippen molar-refractivity contribution in [3.8, 4) is 0 Å². The predicted octanol–water partition coefficient (Wildman–Crippen LogP) is 14.0. The van der Waals surface area contributed by atoms with Crippen LogP contribution in [0, 0.1) is 0 Å². The van der Waals surface area contributed by atoms with Gasteiger partial charge in [0.25, 0.3) is 0 Å². The van der Waals surface area contributed by atoms with Gasteiger partial charge in [-0.05, 0) is 77.0 Å². The standard InChI is InChI=1S/C58H104O12S/c1-3-5-7-9-11-13-15-17-19-21-23-24-25-26-27-28-29-31-33-35-37-39-41-43-45-47-54(60)68-52(51-67-58-56(62)57(70-71(63,64)65)55(61)53(49-59)69-58)50-66-48-46-44-42-40-38-36-34-32-30-22-20-18-16-14-12-10-8-6-4-2/h5,7,11,13,17,19-20,22-24,52-53,55-59,61-62H,3-4,6,8-10,12,14-16,18,21,25-51H2,1-2H3,(H,63,64,65)/b7-5-,13-11-,19-17-,22-20-,24-23-. The molecule has 1 saturated heterocycles. The lowest BCUT2D eigenvalue weighted by Crippen LogP contribution is -2.60. The molecular formula is C58H104O12S. The minimum Gasteiger partial charge on any atom is -0.457 e. The van der Waals surface area contributed by atoms with E-state index < -0.39 is 59.8 Å². The maximum Gasteiger partial charge on any atom is 0.397 e. The third kappa shape index (κ3) is 41.8. The quantitative estimate of drug-likeness (QED) is 0.0196. The van der Waals surface area contributed by atoms with Gasteiger partial charge in [-0.15, -0.1) is 0 Å². The zero-order valence-corrected chi connectivity index (χ0v) is 45.6. The van der Waals surface area contributed by atoms with Gasteiger partial charge in [0.1, 0.15) is 30.5 Å². The fraction of sp³-hybridized carbons (Fsp3) is 0.810. The number of carbonyl (C=O) groups is 1. The van der Waals surface area contributed by atoms with Gasteiger partial charge in [0.15, 0.2) is 6.29 Å². The number of rotatable bonds is 50. The molecule has 1 aliphatic heterocycles. The molecule has 6 unspecified atom stereocenters. The van der Waals surface area contributed by atoms with Gasteiger partial charge in [-0.3, -0.25) is 9.35 Å².